The topological polar surface area (TPSA) is 53.4 Å². The first kappa shape index (κ1) is 18.1. The third-order valence-corrected chi connectivity index (χ3v) is 7.55. The van der Waals surface area contributed by atoms with Crippen LogP contribution in [0.25, 0.3) is 11.4 Å². The fourth-order valence-corrected chi connectivity index (χ4v) is 5.94. The molecule has 1 spiro atoms. The van der Waals surface area contributed by atoms with Gasteiger partial charge in [0.15, 0.2) is 5.79 Å². The number of rotatable bonds is 1. The largest absolute Gasteiger partial charge is 0.347 e. The smallest absolute Gasteiger partial charge is 0.256 e. The Kier molecular flexibility index (Phi) is 4.04. The zero-order valence-electron chi connectivity index (χ0n) is 16.9. The summed E-state index contributed by atoms with van der Waals surface area (Å²) in [4.78, 5) is 18.4. The second-order valence-corrected chi connectivity index (χ2v) is 8.85. The van der Waals surface area contributed by atoms with E-state index in [0.29, 0.717) is 19.1 Å². The summed E-state index contributed by atoms with van der Waals surface area (Å²) >= 11 is 0. The minimum atomic E-state index is -0.441. The van der Waals surface area contributed by atoms with E-state index < -0.39 is 5.79 Å². The molecule has 1 aromatic carbocycles. The van der Waals surface area contributed by atoms with Crippen molar-refractivity contribution in [3.63, 3.8) is 0 Å². The summed E-state index contributed by atoms with van der Waals surface area (Å²) in [5.74, 6) is 1.000. The maximum Gasteiger partial charge on any atom is 0.256 e. The zero-order valence-corrected chi connectivity index (χ0v) is 16.9. The van der Waals surface area contributed by atoms with Crippen molar-refractivity contribution in [2.45, 2.75) is 50.7 Å². The van der Waals surface area contributed by atoms with Crippen molar-refractivity contribution >= 4 is 0 Å². The van der Waals surface area contributed by atoms with Gasteiger partial charge in [-0.2, -0.15) is 0 Å². The van der Waals surface area contributed by atoms with Crippen LogP contribution in [0.2, 0.25) is 0 Å². The van der Waals surface area contributed by atoms with Gasteiger partial charge in [0, 0.05) is 35.9 Å². The number of hydrogen-bond acceptors (Lipinski definition) is 4. The van der Waals surface area contributed by atoms with Gasteiger partial charge in [0.25, 0.3) is 5.56 Å². The average Bonchev–Trinajstić information content (AvgIpc) is 3.19. The molecule has 0 bridgehead atoms. The second-order valence-electron chi connectivity index (χ2n) is 8.85. The molecule has 1 aliphatic heterocycles. The maximum absolute atomic E-state index is 13.2. The van der Waals surface area contributed by atoms with Crippen LogP contribution in [-0.4, -0.2) is 28.6 Å². The quantitative estimate of drug-likeness (QED) is 0.761. The predicted molar refractivity (Wildman–Crippen MR) is 107 cm³/mol. The van der Waals surface area contributed by atoms with E-state index in [0.717, 1.165) is 48.3 Å². The highest BCUT2D eigenvalue weighted by Gasteiger charge is 2.57. The maximum atomic E-state index is 13.2. The third kappa shape index (κ3) is 2.39. The van der Waals surface area contributed by atoms with Crippen LogP contribution in [0.1, 0.15) is 44.4 Å². The van der Waals surface area contributed by atoms with Gasteiger partial charge in [-0.05, 0) is 25.2 Å². The molecular formula is C23H28N2O3. The molecule has 3 atom stereocenters. The Balaban J connectivity index is 1.64. The molecule has 5 rings (SSSR count). The lowest BCUT2D eigenvalue weighted by Crippen LogP contribution is -2.56. The minimum absolute atomic E-state index is 0.102. The van der Waals surface area contributed by atoms with Crippen molar-refractivity contribution in [2.24, 2.45) is 18.9 Å². The van der Waals surface area contributed by atoms with E-state index in [9.17, 15) is 4.79 Å². The number of benzene rings is 1. The summed E-state index contributed by atoms with van der Waals surface area (Å²) in [6, 6.07) is 10.0. The molecule has 0 N–H and O–H groups in total. The molecule has 3 aliphatic rings. The molecular weight excluding hydrogens is 352 g/mol. The molecule has 2 aliphatic carbocycles. The van der Waals surface area contributed by atoms with Gasteiger partial charge in [-0.25, -0.2) is 4.98 Å². The van der Waals surface area contributed by atoms with Gasteiger partial charge >= 0.3 is 0 Å². The van der Waals surface area contributed by atoms with Gasteiger partial charge in [-0.15, -0.1) is 0 Å². The van der Waals surface area contributed by atoms with Crippen LogP contribution in [0.5, 0.6) is 0 Å². The Morgan fingerprint density at radius 1 is 1.14 bits per heavy atom. The zero-order chi connectivity index (χ0) is 19.5. The van der Waals surface area contributed by atoms with Crippen molar-refractivity contribution in [2.75, 3.05) is 13.2 Å². The monoisotopic (exact) mass is 380 g/mol. The first-order valence-electron chi connectivity index (χ1n) is 10.4. The predicted octanol–water partition coefficient (Wildman–Crippen LogP) is 3.44. The van der Waals surface area contributed by atoms with Crippen molar-refractivity contribution in [3.05, 3.63) is 51.9 Å². The van der Waals surface area contributed by atoms with E-state index in [1.54, 1.807) is 4.57 Å². The second kappa shape index (κ2) is 6.26. The molecule has 5 heteroatoms. The summed E-state index contributed by atoms with van der Waals surface area (Å²) in [5, 5.41) is 0. The molecule has 2 fully saturated rings. The van der Waals surface area contributed by atoms with Crippen molar-refractivity contribution < 1.29 is 9.47 Å². The summed E-state index contributed by atoms with van der Waals surface area (Å²) in [6.45, 7) is 5.93. The van der Waals surface area contributed by atoms with E-state index in [4.69, 9.17) is 14.5 Å². The fourth-order valence-electron chi connectivity index (χ4n) is 5.94. The van der Waals surface area contributed by atoms with E-state index >= 15 is 0 Å². The van der Waals surface area contributed by atoms with E-state index in [-0.39, 0.29) is 16.9 Å². The number of aromatic nitrogens is 2. The standard InChI is InChI=1S/C23H28N2O3/c1-15-18-10-9-17-19(22(18,2)11-12-23(15)27-13-14-28-23)24-20(25(3)21(17)26)16-7-5-4-6-8-16/h4-8,15,18H,9-14H2,1-3H3/t15-,18-,22-/m0/s1. The molecule has 2 heterocycles. The van der Waals surface area contributed by atoms with Crippen molar-refractivity contribution in [1.82, 2.24) is 9.55 Å². The summed E-state index contributed by atoms with van der Waals surface area (Å²) in [5.41, 5.74) is 2.87. The van der Waals surface area contributed by atoms with Gasteiger partial charge in [-0.1, -0.05) is 44.2 Å². The fraction of sp³-hybridized carbons (Fsp3) is 0.565. The molecule has 1 aromatic heterocycles. The van der Waals surface area contributed by atoms with Crippen LogP contribution in [0.15, 0.2) is 35.1 Å². The Morgan fingerprint density at radius 3 is 2.57 bits per heavy atom. The highest BCUT2D eigenvalue weighted by Crippen LogP contribution is 2.56. The summed E-state index contributed by atoms with van der Waals surface area (Å²) in [6.07, 6.45) is 3.56. The Labute approximate surface area is 165 Å². The van der Waals surface area contributed by atoms with Crippen LogP contribution in [0.4, 0.5) is 0 Å². The van der Waals surface area contributed by atoms with E-state index in [1.807, 2.05) is 37.4 Å². The number of nitrogens with zero attached hydrogens (tertiary/aromatic N) is 2. The minimum Gasteiger partial charge on any atom is -0.347 e. The molecule has 1 saturated heterocycles. The SMILES string of the molecule is C[C@H]1[C@@H]2CCc3c(nc(-c4ccccc4)n(C)c3=O)[C@@]2(C)CCC12OCCO2. The Bertz CT molecular complexity index is 962. The first-order valence-corrected chi connectivity index (χ1v) is 10.4. The van der Waals surface area contributed by atoms with Gasteiger partial charge < -0.3 is 9.47 Å². The van der Waals surface area contributed by atoms with Crippen LogP contribution >= 0.6 is 0 Å². The molecule has 28 heavy (non-hydrogen) atoms. The summed E-state index contributed by atoms with van der Waals surface area (Å²) < 4.78 is 13.9. The van der Waals surface area contributed by atoms with Crippen LogP contribution in [-0.2, 0) is 28.4 Å². The van der Waals surface area contributed by atoms with E-state index in [2.05, 4.69) is 13.8 Å². The number of fused-ring (bicyclic) bond motifs is 3. The molecule has 0 unspecified atom stereocenters. The third-order valence-electron chi connectivity index (χ3n) is 7.55. The highest BCUT2D eigenvalue weighted by molar-refractivity contribution is 5.56. The summed E-state index contributed by atoms with van der Waals surface area (Å²) in [7, 11) is 1.84. The number of hydrogen-bond donors (Lipinski definition) is 0. The van der Waals surface area contributed by atoms with Gasteiger partial charge in [0.2, 0.25) is 0 Å². The Hall–Kier alpha value is -1.98. The molecule has 0 amide bonds. The molecule has 148 valence electrons. The van der Waals surface area contributed by atoms with E-state index in [1.165, 1.54) is 0 Å². The van der Waals surface area contributed by atoms with Crippen molar-refractivity contribution in [1.29, 1.82) is 0 Å². The Morgan fingerprint density at radius 2 is 1.86 bits per heavy atom. The van der Waals surface area contributed by atoms with Crippen molar-refractivity contribution in [3.8, 4) is 11.4 Å². The lowest BCUT2D eigenvalue weighted by atomic mass is 9.55. The van der Waals surface area contributed by atoms with Gasteiger partial charge in [0.05, 0.1) is 18.9 Å². The lowest BCUT2D eigenvalue weighted by Gasteiger charge is -2.54. The average molecular weight is 380 g/mol. The normalized spacial score (nSPS) is 30.8. The van der Waals surface area contributed by atoms with Gasteiger partial charge in [-0.3, -0.25) is 9.36 Å². The van der Waals surface area contributed by atoms with Gasteiger partial charge in [0.1, 0.15) is 5.82 Å². The molecule has 0 radical (unpaired) electrons. The van der Waals surface area contributed by atoms with Crippen LogP contribution in [0, 0.1) is 11.8 Å². The lowest BCUT2D eigenvalue weighted by molar-refractivity contribution is -0.234. The van der Waals surface area contributed by atoms with Crippen LogP contribution < -0.4 is 5.56 Å². The highest BCUT2D eigenvalue weighted by atomic mass is 16.7. The van der Waals surface area contributed by atoms with Crippen LogP contribution in [0.3, 0.4) is 0 Å². The molecule has 5 nitrogen and oxygen atoms in total. The molecule has 1 saturated carbocycles. The number of ether oxygens (including phenoxy) is 2. The molecule has 2 aromatic rings. The first-order chi connectivity index (χ1) is 13.5.